The fourth-order valence-corrected chi connectivity index (χ4v) is 6.58. The molecule has 0 aliphatic heterocycles. The van der Waals surface area contributed by atoms with Crippen LogP contribution in [-0.4, -0.2) is 29.1 Å². The molecule has 0 heterocycles. The van der Waals surface area contributed by atoms with Crippen molar-refractivity contribution in [2.75, 3.05) is 0 Å². The number of unbranched alkanes of at least 4 members (excludes halogenated alkanes) is 29. The zero-order chi connectivity index (χ0) is 33.1. The van der Waals surface area contributed by atoms with Crippen molar-refractivity contribution in [1.82, 2.24) is 5.32 Å². The fourth-order valence-electron chi connectivity index (χ4n) is 6.58. The second-order valence-electron chi connectivity index (χ2n) is 14.2. The highest BCUT2D eigenvalue weighted by Crippen LogP contribution is 2.18. The van der Waals surface area contributed by atoms with E-state index in [9.17, 15) is 9.59 Å². The number of rotatable bonds is 37. The Bertz CT molecular complexity index is 627. The van der Waals surface area contributed by atoms with Gasteiger partial charge in [-0.2, -0.15) is 0 Å². The van der Waals surface area contributed by atoms with Gasteiger partial charge in [-0.15, -0.1) is 0 Å². The molecule has 0 fully saturated rings. The van der Waals surface area contributed by atoms with Crippen LogP contribution in [-0.2, 0) is 9.59 Å². The molecule has 1 amide bonds. The van der Waals surface area contributed by atoms with Crippen LogP contribution in [0.25, 0.3) is 0 Å². The zero-order valence-electron chi connectivity index (χ0n) is 30.5. The van der Waals surface area contributed by atoms with E-state index in [4.69, 9.17) is 10.8 Å². The van der Waals surface area contributed by atoms with Gasteiger partial charge in [0.2, 0.25) is 5.91 Å². The van der Waals surface area contributed by atoms with E-state index in [-0.39, 0.29) is 18.4 Å². The second kappa shape index (κ2) is 35.7. The number of amides is 1. The van der Waals surface area contributed by atoms with E-state index in [0.717, 1.165) is 25.7 Å². The summed E-state index contributed by atoms with van der Waals surface area (Å²) in [4.78, 5) is 23.5. The van der Waals surface area contributed by atoms with E-state index in [1.54, 1.807) is 0 Å². The van der Waals surface area contributed by atoms with Crippen LogP contribution in [0.4, 0.5) is 0 Å². The van der Waals surface area contributed by atoms with Crippen molar-refractivity contribution >= 4 is 11.9 Å². The molecule has 4 N–H and O–H groups in total. The highest BCUT2D eigenvalue weighted by Gasteiger charge is 2.20. The molecular formula is C40H80N2O3. The van der Waals surface area contributed by atoms with Gasteiger partial charge in [0.1, 0.15) is 0 Å². The topological polar surface area (TPSA) is 92.4 Å². The van der Waals surface area contributed by atoms with Crippen molar-refractivity contribution in [2.24, 2.45) is 5.73 Å². The van der Waals surface area contributed by atoms with Crippen molar-refractivity contribution < 1.29 is 14.7 Å². The summed E-state index contributed by atoms with van der Waals surface area (Å²) < 4.78 is 0. The van der Waals surface area contributed by atoms with Gasteiger partial charge in [0.05, 0.1) is 12.5 Å². The lowest BCUT2D eigenvalue weighted by Gasteiger charge is -2.21. The number of carbonyl (C=O) groups excluding carboxylic acids is 1. The third-order valence-electron chi connectivity index (χ3n) is 9.64. The molecule has 0 aromatic carbocycles. The third kappa shape index (κ3) is 34.1. The summed E-state index contributed by atoms with van der Waals surface area (Å²) in [5.74, 6) is -1.32. The standard InChI is InChI=1S/C40H80N2O3/c1-3-5-7-9-11-13-15-17-19-21-23-25-27-29-31-33-35-37(42-40(45)38(41)36-39(43)44)34-32-30-28-26-24-22-20-18-16-14-12-10-8-6-4-2/h37-38H,3-36,41H2,1-2H3,(H,42,45)(H,43,44). The van der Waals surface area contributed by atoms with E-state index in [2.05, 4.69) is 19.2 Å². The van der Waals surface area contributed by atoms with E-state index in [1.165, 1.54) is 186 Å². The monoisotopic (exact) mass is 637 g/mol. The molecule has 268 valence electrons. The van der Waals surface area contributed by atoms with Crippen molar-refractivity contribution in [3.63, 3.8) is 0 Å². The normalized spacial score (nSPS) is 12.8. The summed E-state index contributed by atoms with van der Waals surface area (Å²) in [7, 11) is 0. The third-order valence-corrected chi connectivity index (χ3v) is 9.64. The van der Waals surface area contributed by atoms with Crippen LogP contribution in [0.1, 0.15) is 232 Å². The highest BCUT2D eigenvalue weighted by molar-refractivity contribution is 5.86. The Morgan fingerprint density at radius 2 is 0.711 bits per heavy atom. The van der Waals surface area contributed by atoms with Gasteiger partial charge in [0, 0.05) is 6.04 Å². The number of aliphatic carboxylic acids is 1. The molecule has 5 heteroatoms. The minimum atomic E-state index is -1.02. The highest BCUT2D eigenvalue weighted by atomic mass is 16.4. The number of carbonyl (C=O) groups is 2. The van der Waals surface area contributed by atoms with Crippen LogP contribution in [0, 0.1) is 0 Å². The first-order chi connectivity index (χ1) is 22.0. The molecule has 45 heavy (non-hydrogen) atoms. The minimum absolute atomic E-state index is 0.117. The maximum atomic E-state index is 12.5. The van der Waals surface area contributed by atoms with Crippen molar-refractivity contribution in [3.05, 3.63) is 0 Å². The van der Waals surface area contributed by atoms with Gasteiger partial charge in [-0.3, -0.25) is 9.59 Å². The molecule has 0 radical (unpaired) electrons. The van der Waals surface area contributed by atoms with Gasteiger partial charge >= 0.3 is 5.97 Å². The fraction of sp³-hybridized carbons (Fsp3) is 0.950. The maximum Gasteiger partial charge on any atom is 0.305 e. The Hall–Kier alpha value is -1.10. The molecule has 0 rings (SSSR count). The Morgan fingerprint density at radius 1 is 0.467 bits per heavy atom. The summed E-state index contributed by atoms with van der Waals surface area (Å²) in [6.45, 7) is 4.56. The lowest BCUT2D eigenvalue weighted by Crippen LogP contribution is -2.46. The minimum Gasteiger partial charge on any atom is -0.481 e. The molecule has 0 spiro atoms. The average molecular weight is 637 g/mol. The Balaban J connectivity index is 3.92. The number of hydrogen-bond donors (Lipinski definition) is 3. The second-order valence-corrected chi connectivity index (χ2v) is 14.2. The number of hydrogen-bond acceptors (Lipinski definition) is 3. The number of carboxylic acid groups (broad SMARTS) is 1. The first kappa shape index (κ1) is 43.9. The lowest BCUT2D eigenvalue weighted by atomic mass is 9.99. The molecule has 2 unspecified atom stereocenters. The molecule has 0 saturated heterocycles. The van der Waals surface area contributed by atoms with Crippen molar-refractivity contribution in [1.29, 1.82) is 0 Å². The van der Waals surface area contributed by atoms with Crippen LogP contribution >= 0.6 is 0 Å². The summed E-state index contributed by atoms with van der Waals surface area (Å²) >= 11 is 0. The summed E-state index contributed by atoms with van der Waals surface area (Å²) in [5.41, 5.74) is 5.85. The van der Waals surface area contributed by atoms with Gasteiger partial charge < -0.3 is 16.2 Å². The summed E-state index contributed by atoms with van der Waals surface area (Å²) in [5, 5.41) is 12.1. The molecule has 0 bridgehead atoms. The van der Waals surface area contributed by atoms with Crippen molar-refractivity contribution in [3.8, 4) is 0 Å². The van der Waals surface area contributed by atoms with Gasteiger partial charge in [-0.25, -0.2) is 0 Å². The molecule has 0 aliphatic rings. The van der Waals surface area contributed by atoms with E-state index in [1.807, 2.05) is 0 Å². The SMILES string of the molecule is CCCCCCCCCCCCCCCCCCC(CCCCCCCCCCCCCCCCC)NC(=O)C(N)CC(=O)O. The van der Waals surface area contributed by atoms with E-state index >= 15 is 0 Å². The lowest BCUT2D eigenvalue weighted by molar-refractivity contribution is -0.139. The van der Waals surface area contributed by atoms with Gasteiger partial charge in [0.15, 0.2) is 0 Å². The molecule has 0 aromatic rings. The Morgan fingerprint density at radius 3 is 0.956 bits per heavy atom. The van der Waals surface area contributed by atoms with Crippen molar-refractivity contribution in [2.45, 2.75) is 244 Å². The molecule has 0 aliphatic carbocycles. The predicted molar refractivity (Wildman–Crippen MR) is 196 cm³/mol. The first-order valence-corrected chi connectivity index (χ1v) is 20.3. The molecule has 5 nitrogen and oxygen atoms in total. The maximum absolute atomic E-state index is 12.5. The molecule has 0 saturated carbocycles. The van der Waals surface area contributed by atoms with Crippen LogP contribution in [0.2, 0.25) is 0 Å². The van der Waals surface area contributed by atoms with Crippen LogP contribution in [0.5, 0.6) is 0 Å². The largest absolute Gasteiger partial charge is 0.481 e. The quantitative estimate of drug-likeness (QED) is 0.0591. The molecular weight excluding hydrogens is 556 g/mol. The zero-order valence-corrected chi connectivity index (χ0v) is 30.5. The van der Waals surface area contributed by atoms with Crippen LogP contribution < -0.4 is 11.1 Å². The van der Waals surface area contributed by atoms with Crippen LogP contribution in [0.3, 0.4) is 0 Å². The van der Waals surface area contributed by atoms with Crippen LogP contribution in [0.15, 0.2) is 0 Å². The molecule has 2 atom stereocenters. The number of nitrogens with two attached hydrogens (primary N) is 1. The molecule has 0 aromatic heterocycles. The summed E-state index contributed by atoms with van der Waals surface area (Å²) in [6, 6.07) is -0.845. The Labute approximate surface area is 281 Å². The average Bonchev–Trinajstić information content (AvgIpc) is 3.02. The van der Waals surface area contributed by atoms with E-state index in [0.29, 0.717) is 0 Å². The number of nitrogens with one attached hydrogen (secondary N) is 1. The smallest absolute Gasteiger partial charge is 0.305 e. The van der Waals surface area contributed by atoms with Gasteiger partial charge in [-0.05, 0) is 12.8 Å². The van der Waals surface area contributed by atoms with Gasteiger partial charge in [-0.1, -0.05) is 213 Å². The van der Waals surface area contributed by atoms with E-state index < -0.39 is 12.0 Å². The first-order valence-electron chi connectivity index (χ1n) is 20.3. The predicted octanol–water partition coefficient (Wildman–Crippen LogP) is 12.2. The van der Waals surface area contributed by atoms with Gasteiger partial charge in [0.25, 0.3) is 0 Å². The summed E-state index contributed by atoms with van der Waals surface area (Å²) in [6.07, 6.45) is 43.6. The number of carboxylic acids is 1. The Kier molecular flexibility index (Phi) is 34.9.